The van der Waals surface area contributed by atoms with Crippen LogP contribution in [0.15, 0.2) is 48.5 Å². The van der Waals surface area contributed by atoms with Gasteiger partial charge in [0.25, 0.3) is 0 Å². The number of aryl methyl sites for hydroxylation is 2. The van der Waals surface area contributed by atoms with Crippen molar-refractivity contribution in [2.75, 3.05) is 12.4 Å². The molecule has 0 amide bonds. The number of aromatic nitrogens is 1. The smallest absolute Gasteiger partial charge is 0.341 e. The fourth-order valence-electron chi connectivity index (χ4n) is 12.5. The molecule has 9 atom stereocenters. The Hall–Kier alpha value is -3.49. The quantitative estimate of drug-likeness (QED) is 0.136. The molecule has 2 aromatic carbocycles. The molecule has 0 bridgehead atoms. The number of carbonyl (C=O) groups is 2. The predicted octanol–water partition coefficient (Wildman–Crippen LogP) is 8.88. The summed E-state index contributed by atoms with van der Waals surface area (Å²) in [6, 6.07) is 16.4. The summed E-state index contributed by atoms with van der Waals surface area (Å²) in [6.45, 7) is 7.13. The van der Waals surface area contributed by atoms with Crippen LogP contribution in [0.1, 0.15) is 124 Å². The van der Waals surface area contributed by atoms with Crippen LogP contribution in [0.3, 0.4) is 0 Å². The van der Waals surface area contributed by atoms with Crippen LogP contribution < -0.4 is 5.32 Å². The number of fused-ring (bicyclic) bond motifs is 6. The van der Waals surface area contributed by atoms with Crippen molar-refractivity contribution in [2.24, 2.45) is 40.4 Å². The fourth-order valence-corrected chi connectivity index (χ4v) is 12.5. The van der Waals surface area contributed by atoms with Gasteiger partial charge in [-0.05, 0) is 149 Å². The second-order valence-corrected chi connectivity index (χ2v) is 17.5. The van der Waals surface area contributed by atoms with Crippen LogP contribution in [0.5, 0.6) is 0 Å². The Morgan fingerprint density at radius 3 is 2.55 bits per heavy atom. The maximum atomic E-state index is 13.0. The molecule has 0 saturated heterocycles. The molecule has 4 unspecified atom stereocenters. The van der Waals surface area contributed by atoms with Gasteiger partial charge in [-0.2, -0.15) is 0 Å². The van der Waals surface area contributed by atoms with Crippen molar-refractivity contribution < 1.29 is 29.6 Å². The van der Waals surface area contributed by atoms with E-state index < -0.39 is 17.5 Å². The second-order valence-electron chi connectivity index (χ2n) is 17.5. The third kappa shape index (κ3) is 6.88. The van der Waals surface area contributed by atoms with Gasteiger partial charge in [-0.3, -0.25) is 9.78 Å². The Labute approximate surface area is 315 Å². The zero-order chi connectivity index (χ0) is 37.5. The van der Waals surface area contributed by atoms with Crippen molar-refractivity contribution in [1.82, 2.24) is 4.98 Å². The molecular weight excluding hydrogens is 665 g/mol. The highest BCUT2D eigenvalue weighted by molar-refractivity contribution is 6.06. The Kier molecular flexibility index (Phi) is 10.7. The molecule has 4 aliphatic rings. The molecular formula is C45H60N2O6. The number of aliphatic hydroxyl groups excluding tert-OH is 1. The molecule has 0 aliphatic heterocycles. The van der Waals surface area contributed by atoms with E-state index >= 15 is 0 Å². The van der Waals surface area contributed by atoms with E-state index in [1.165, 1.54) is 13.5 Å². The number of pyridine rings is 1. The molecule has 3 aromatic rings. The molecule has 0 radical (unpaired) electrons. The molecule has 1 aromatic heterocycles. The molecule has 1 heterocycles. The number of ether oxygens (including phenoxy) is 1. The third-order valence-corrected chi connectivity index (χ3v) is 15.2. The monoisotopic (exact) mass is 724 g/mol. The lowest BCUT2D eigenvalue weighted by atomic mass is 9.42. The van der Waals surface area contributed by atoms with E-state index in [4.69, 9.17) is 9.72 Å². The van der Waals surface area contributed by atoms with Crippen LogP contribution in [-0.2, 0) is 22.5 Å². The van der Waals surface area contributed by atoms with Crippen LogP contribution in [0.2, 0.25) is 0 Å². The summed E-state index contributed by atoms with van der Waals surface area (Å²) in [5, 5.41) is 37.9. The lowest BCUT2D eigenvalue weighted by Gasteiger charge is -2.63. The van der Waals surface area contributed by atoms with Gasteiger partial charge in [0.15, 0.2) is 0 Å². The standard InChI is InChI=1S/C45H60N2O6/c1-5-45-31(12-9-13-39(49)50)16-18-35(45)33-17-15-32-26-44(52,23-22-43(32,3)36(33)25-38(45)48)21-20-29-14-19-37-34(24-29)41(40(28(2)47-37)42(51)53-4)46-27-30-10-7-6-8-11-30/h6-8,10-11,14,19,24,31-33,35-36,38,48,52H,5,9,12-13,15-18,20-23,25-27H2,1-4H3,(H,46,47)(H,49,50)/t31-,32?,33?,35?,36?,38-,43-,44+,45+/m0/s1. The van der Waals surface area contributed by atoms with Gasteiger partial charge >= 0.3 is 11.9 Å². The average Bonchev–Trinajstić information content (AvgIpc) is 3.53. The lowest BCUT2D eigenvalue weighted by molar-refractivity contribution is -0.189. The van der Waals surface area contributed by atoms with Gasteiger partial charge in [-0.15, -0.1) is 0 Å². The van der Waals surface area contributed by atoms with E-state index in [1.807, 2.05) is 31.2 Å². The maximum Gasteiger partial charge on any atom is 0.341 e. The van der Waals surface area contributed by atoms with Gasteiger partial charge < -0.3 is 25.4 Å². The maximum absolute atomic E-state index is 13.0. The molecule has 4 N–H and O–H groups in total. The zero-order valence-corrected chi connectivity index (χ0v) is 32.2. The Bertz CT molecular complexity index is 1810. The Morgan fingerprint density at radius 1 is 1.02 bits per heavy atom. The molecule has 8 nitrogen and oxygen atoms in total. The minimum absolute atomic E-state index is 0.0825. The van der Waals surface area contributed by atoms with Crippen molar-refractivity contribution in [3.63, 3.8) is 0 Å². The first-order valence-electron chi connectivity index (χ1n) is 20.3. The van der Waals surface area contributed by atoms with Crippen molar-refractivity contribution in [2.45, 2.75) is 129 Å². The van der Waals surface area contributed by atoms with Crippen LogP contribution in [0.25, 0.3) is 10.9 Å². The van der Waals surface area contributed by atoms with E-state index in [9.17, 15) is 24.9 Å². The van der Waals surface area contributed by atoms with E-state index in [-0.39, 0.29) is 23.4 Å². The first-order valence-corrected chi connectivity index (χ1v) is 20.3. The largest absolute Gasteiger partial charge is 0.481 e. The van der Waals surface area contributed by atoms with E-state index in [0.29, 0.717) is 60.2 Å². The van der Waals surface area contributed by atoms with E-state index in [0.717, 1.165) is 91.9 Å². The van der Waals surface area contributed by atoms with Crippen LogP contribution in [0.4, 0.5) is 5.69 Å². The number of nitrogens with zero attached hydrogens (tertiary/aromatic N) is 1. The topological polar surface area (TPSA) is 129 Å². The average molecular weight is 725 g/mol. The summed E-state index contributed by atoms with van der Waals surface area (Å²) >= 11 is 0. The van der Waals surface area contributed by atoms with Crippen molar-refractivity contribution in [3.05, 3.63) is 70.9 Å². The number of anilines is 1. The summed E-state index contributed by atoms with van der Waals surface area (Å²) in [7, 11) is 1.40. The number of benzene rings is 2. The fraction of sp³-hybridized carbons (Fsp3) is 0.622. The number of esters is 1. The second kappa shape index (κ2) is 15.0. The number of nitrogens with one attached hydrogen (secondary N) is 1. The van der Waals surface area contributed by atoms with Crippen molar-refractivity contribution >= 4 is 28.5 Å². The van der Waals surface area contributed by atoms with E-state index in [2.05, 4.69) is 43.4 Å². The zero-order valence-electron chi connectivity index (χ0n) is 32.2. The highest BCUT2D eigenvalue weighted by Gasteiger charge is 2.64. The number of carbonyl (C=O) groups excluding carboxylic acids is 1. The number of carboxylic acids is 1. The van der Waals surface area contributed by atoms with Gasteiger partial charge in [0.05, 0.1) is 35.7 Å². The minimum Gasteiger partial charge on any atom is -0.481 e. The summed E-state index contributed by atoms with van der Waals surface area (Å²) in [4.78, 5) is 29.1. The molecule has 7 rings (SSSR count). The predicted molar refractivity (Wildman–Crippen MR) is 208 cm³/mol. The van der Waals surface area contributed by atoms with Gasteiger partial charge in [0.2, 0.25) is 0 Å². The van der Waals surface area contributed by atoms with Crippen LogP contribution >= 0.6 is 0 Å². The number of carboxylic acid groups (broad SMARTS) is 1. The molecule has 286 valence electrons. The number of methoxy groups -OCH3 is 1. The molecule has 4 fully saturated rings. The first kappa shape index (κ1) is 37.8. The SMILES string of the molecule is CC[C@]12C(CC[C@@H]1CCCC(=O)O)C1CCC3C[C@@](O)(CCc4ccc5nc(C)c(C(=O)OC)c(NCc6ccccc6)c5c4)CC[C@]3(C)C1C[C@@H]2O. The van der Waals surface area contributed by atoms with Crippen molar-refractivity contribution in [1.29, 1.82) is 0 Å². The molecule has 4 saturated carbocycles. The highest BCUT2D eigenvalue weighted by Crippen LogP contribution is 2.69. The van der Waals surface area contributed by atoms with Crippen LogP contribution in [0, 0.1) is 47.3 Å². The van der Waals surface area contributed by atoms with Crippen molar-refractivity contribution in [3.8, 4) is 0 Å². The van der Waals surface area contributed by atoms with Gasteiger partial charge in [-0.1, -0.05) is 50.2 Å². The van der Waals surface area contributed by atoms with E-state index in [1.54, 1.807) is 0 Å². The normalized spacial score (nSPS) is 33.5. The number of aliphatic hydroxyl groups is 2. The molecule has 4 aliphatic carbocycles. The van der Waals surface area contributed by atoms with Gasteiger partial charge in [0.1, 0.15) is 5.56 Å². The number of hydrogen-bond acceptors (Lipinski definition) is 7. The Morgan fingerprint density at radius 2 is 1.81 bits per heavy atom. The summed E-state index contributed by atoms with van der Waals surface area (Å²) in [5.41, 5.74) is 4.10. The van der Waals surface area contributed by atoms with Crippen LogP contribution in [-0.4, -0.2) is 51.1 Å². The first-order chi connectivity index (χ1) is 25.4. The number of rotatable bonds is 12. The van der Waals surface area contributed by atoms with Gasteiger partial charge in [0, 0.05) is 23.8 Å². The summed E-state index contributed by atoms with van der Waals surface area (Å²) < 4.78 is 5.19. The third-order valence-electron chi connectivity index (χ3n) is 15.2. The Balaban J connectivity index is 1.06. The summed E-state index contributed by atoms with van der Waals surface area (Å²) in [5.74, 6) is 1.27. The van der Waals surface area contributed by atoms with Gasteiger partial charge in [-0.25, -0.2) is 4.79 Å². The molecule has 0 spiro atoms. The molecule has 8 heteroatoms. The molecule has 53 heavy (non-hydrogen) atoms. The minimum atomic E-state index is -0.744. The number of aliphatic carboxylic acids is 1. The number of hydrogen-bond donors (Lipinski definition) is 4. The highest BCUT2D eigenvalue weighted by atomic mass is 16.5. The lowest BCUT2D eigenvalue weighted by Crippen LogP contribution is -2.60. The summed E-state index contributed by atoms with van der Waals surface area (Å²) in [6.07, 6.45) is 11.8.